The van der Waals surface area contributed by atoms with E-state index in [1.807, 2.05) is 22.7 Å². The summed E-state index contributed by atoms with van der Waals surface area (Å²) in [6.07, 6.45) is 0. The Kier molecular flexibility index (Phi) is 7.62. The van der Waals surface area contributed by atoms with Crippen LogP contribution in [0, 0.1) is 0 Å². The molecule has 0 saturated heterocycles. The number of thiophene rings is 2. The van der Waals surface area contributed by atoms with Crippen LogP contribution < -0.4 is 4.90 Å². The summed E-state index contributed by atoms with van der Waals surface area (Å²) in [5, 5.41) is 7.58. The maximum absolute atomic E-state index is 2.54. The molecule has 0 atom stereocenters. The first kappa shape index (κ1) is 33.2. The van der Waals surface area contributed by atoms with Gasteiger partial charge in [-0.2, -0.15) is 0 Å². The molecule has 0 saturated carbocycles. The minimum atomic E-state index is 1.13. The second-order valence-electron chi connectivity index (χ2n) is 14.9. The fourth-order valence-corrected chi connectivity index (χ4v) is 11.4. The van der Waals surface area contributed by atoms with Crippen LogP contribution in [-0.4, -0.2) is 4.57 Å². The van der Waals surface area contributed by atoms with E-state index in [1.165, 1.54) is 90.1 Å². The van der Waals surface area contributed by atoms with Gasteiger partial charge in [0.1, 0.15) is 0 Å². The Bertz CT molecular complexity index is 3490. The van der Waals surface area contributed by atoms with Crippen molar-refractivity contribution < 1.29 is 0 Å². The van der Waals surface area contributed by atoms with Crippen molar-refractivity contribution in [1.29, 1.82) is 0 Å². The van der Waals surface area contributed by atoms with E-state index in [2.05, 4.69) is 216 Å². The van der Waals surface area contributed by atoms with Crippen LogP contribution in [0.5, 0.6) is 0 Å². The second-order valence-corrected chi connectivity index (χ2v) is 17.0. The molecule has 0 aliphatic heterocycles. The molecular weight excluding hydrogens is 741 g/mol. The van der Waals surface area contributed by atoms with E-state index < -0.39 is 0 Å². The fourth-order valence-electron chi connectivity index (χ4n) is 9.01. The van der Waals surface area contributed by atoms with Gasteiger partial charge in [-0.05, 0) is 82.9 Å². The highest BCUT2D eigenvalue weighted by Crippen LogP contribution is 2.51. The third-order valence-electron chi connectivity index (χ3n) is 11.6. The van der Waals surface area contributed by atoms with Crippen LogP contribution in [0.25, 0.3) is 90.1 Å². The lowest BCUT2D eigenvalue weighted by atomic mass is 9.99. The lowest BCUT2D eigenvalue weighted by molar-refractivity contribution is 1.18. The first-order valence-electron chi connectivity index (χ1n) is 19.7. The highest BCUT2D eigenvalue weighted by atomic mass is 32.1. The summed E-state index contributed by atoms with van der Waals surface area (Å²) >= 11 is 3.77. The maximum atomic E-state index is 2.54. The number of aromatic nitrogens is 1. The number of benzene rings is 9. The largest absolute Gasteiger partial charge is 0.309 e. The van der Waals surface area contributed by atoms with Gasteiger partial charge in [0.05, 0.1) is 22.4 Å². The van der Waals surface area contributed by atoms with Crippen LogP contribution in [0.2, 0.25) is 0 Å². The molecule has 0 N–H and O–H groups in total. The van der Waals surface area contributed by atoms with Gasteiger partial charge >= 0.3 is 0 Å². The summed E-state index contributed by atoms with van der Waals surface area (Å²) < 4.78 is 7.57. The number of rotatable bonds is 6. The molecule has 0 fully saturated rings. The Balaban J connectivity index is 1.17. The Labute approximate surface area is 343 Å². The third-order valence-corrected chi connectivity index (χ3v) is 13.9. The number of hydrogen-bond donors (Lipinski definition) is 0. The van der Waals surface area contributed by atoms with Crippen molar-refractivity contribution in [3.8, 4) is 27.9 Å². The lowest BCUT2D eigenvalue weighted by Gasteiger charge is -2.28. The van der Waals surface area contributed by atoms with E-state index in [0.29, 0.717) is 0 Å². The van der Waals surface area contributed by atoms with Crippen LogP contribution in [0.1, 0.15) is 0 Å². The normalized spacial score (nSPS) is 11.8. The average Bonchev–Trinajstić information content (AvgIpc) is 3.97. The summed E-state index contributed by atoms with van der Waals surface area (Å²) in [4.78, 5) is 2.54. The highest BCUT2D eigenvalue weighted by molar-refractivity contribution is 7.26. The van der Waals surface area contributed by atoms with E-state index >= 15 is 0 Å². The van der Waals surface area contributed by atoms with Crippen LogP contribution in [0.3, 0.4) is 0 Å². The molecular formula is C54H34N2S2. The van der Waals surface area contributed by atoms with Gasteiger partial charge in [0.25, 0.3) is 0 Å². The Morgan fingerprint density at radius 3 is 1.81 bits per heavy atom. The van der Waals surface area contributed by atoms with E-state index in [4.69, 9.17) is 0 Å². The highest BCUT2D eigenvalue weighted by Gasteiger charge is 2.25. The Hall–Kier alpha value is -6.98. The quantitative estimate of drug-likeness (QED) is 0.163. The number of anilines is 3. The molecule has 4 heteroatoms. The van der Waals surface area contributed by atoms with Gasteiger partial charge in [-0.15, -0.1) is 22.7 Å². The lowest BCUT2D eigenvalue weighted by Crippen LogP contribution is -2.11. The number of nitrogens with zero attached hydrogens (tertiary/aromatic N) is 2. The Morgan fingerprint density at radius 1 is 0.362 bits per heavy atom. The molecule has 0 aliphatic carbocycles. The van der Waals surface area contributed by atoms with Crippen molar-refractivity contribution in [3.05, 3.63) is 206 Å². The molecule has 12 rings (SSSR count). The zero-order chi connectivity index (χ0) is 38.2. The monoisotopic (exact) mass is 774 g/mol. The van der Waals surface area contributed by atoms with Crippen LogP contribution in [0.15, 0.2) is 206 Å². The molecule has 2 nitrogen and oxygen atoms in total. The predicted molar refractivity (Wildman–Crippen MR) is 252 cm³/mol. The summed E-state index contributed by atoms with van der Waals surface area (Å²) in [6.45, 7) is 0. The molecule has 0 spiro atoms. The molecule has 58 heavy (non-hydrogen) atoms. The van der Waals surface area contributed by atoms with E-state index in [1.54, 1.807) is 0 Å². The van der Waals surface area contributed by atoms with Crippen molar-refractivity contribution >= 4 is 102 Å². The molecule has 3 heterocycles. The number of para-hydroxylation sites is 2. The topological polar surface area (TPSA) is 8.17 Å². The minimum absolute atomic E-state index is 1.13. The van der Waals surface area contributed by atoms with Gasteiger partial charge < -0.3 is 9.47 Å². The number of fused-ring (bicyclic) bond motifs is 9. The first-order chi connectivity index (χ1) is 28.8. The van der Waals surface area contributed by atoms with Gasteiger partial charge in [-0.1, -0.05) is 146 Å². The molecule has 0 unspecified atom stereocenters. The predicted octanol–water partition coefficient (Wildman–Crippen LogP) is 16.3. The van der Waals surface area contributed by atoms with Crippen molar-refractivity contribution in [3.63, 3.8) is 0 Å². The Morgan fingerprint density at radius 2 is 1.00 bits per heavy atom. The molecule has 9 aromatic carbocycles. The summed E-state index contributed by atoms with van der Waals surface area (Å²) in [5.41, 5.74) is 11.9. The van der Waals surface area contributed by atoms with Gasteiger partial charge in [0.2, 0.25) is 0 Å². The van der Waals surface area contributed by atoms with Crippen molar-refractivity contribution in [2.24, 2.45) is 0 Å². The van der Waals surface area contributed by atoms with Crippen molar-refractivity contribution in [2.45, 2.75) is 0 Å². The minimum Gasteiger partial charge on any atom is -0.309 e. The number of hydrogen-bond acceptors (Lipinski definition) is 3. The summed E-state index contributed by atoms with van der Waals surface area (Å²) in [6, 6.07) is 75.6. The second kappa shape index (κ2) is 13.3. The molecule has 0 aliphatic rings. The van der Waals surface area contributed by atoms with Gasteiger partial charge in [0, 0.05) is 62.5 Å². The fraction of sp³-hybridized carbons (Fsp3) is 0. The standard InChI is InChI=1S/C54H34N2S2/c1-4-15-35(16-5-1)37-27-29-41-42-30-28-39(34-51(42)57-50(41)33-37)56(47-25-14-24-46-52(47)43-21-10-12-23-45(43)55(46)38-19-8-3-9-20-38)48-32-31-40(36-17-6-2-7-18-36)54-53(48)44-22-11-13-26-49(44)58-54/h1-34H. The van der Waals surface area contributed by atoms with Gasteiger partial charge in [0.15, 0.2) is 0 Å². The third kappa shape index (κ3) is 5.16. The molecule has 3 aromatic heterocycles. The molecule has 12 aromatic rings. The van der Waals surface area contributed by atoms with Crippen LogP contribution in [-0.2, 0) is 0 Å². The zero-order valence-electron chi connectivity index (χ0n) is 31.3. The molecule has 0 radical (unpaired) electrons. The maximum Gasteiger partial charge on any atom is 0.0562 e. The van der Waals surface area contributed by atoms with Crippen LogP contribution >= 0.6 is 22.7 Å². The molecule has 0 bridgehead atoms. The zero-order valence-corrected chi connectivity index (χ0v) is 33.0. The van der Waals surface area contributed by atoms with E-state index in [0.717, 1.165) is 17.1 Å². The summed E-state index contributed by atoms with van der Waals surface area (Å²) in [5.74, 6) is 0. The SMILES string of the molecule is c1ccc(-c2ccc3c(c2)sc2cc(N(c4ccc(-c5ccccc5)c5sc6ccccc6c45)c4cccc5c4c4ccccc4n5-c4ccccc4)ccc23)cc1. The van der Waals surface area contributed by atoms with Crippen molar-refractivity contribution in [2.75, 3.05) is 4.90 Å². The van der Waals surface area contributed by atoms with Gasteiger partial charge in [-0.25, -0.2) is 0 Å². The molecule has 0 amide bonds. The van der Waals surface area contributed by atoms with Crippen LogP contribution in [0.4, 0.5) is 17.1 Å². The van der Waals surface area contributed by atoms with E-state index in [-0.39, 0.29) is 0 Å². The van der Waals surface area contributed by atoms with Gasteiger partial charge in [-0.3, -0.25) is 0 Å². The van der Waals surface area contributed by atoms with Crippen molar-refractivity contribution in [1.82, 2.24) is 4.57 Å². The smallest absolute Gasteiger partial charge is 0.0562 e. The molecule has 272 valence electrons. The first-order valence-corrected chi connectivity index (χ1v) is 21.3. The summed E-state index contributed by atoms with van der Waals surface area (Å²) in [7, 11) is 0. The van der Waals surface area contributed by atoms with E-state index in [9.17, 15) is 0 Å². The average molecular weight is 775 g/mol.